The Hall–Kier alpha value is -2.10. The summed E-state index contributed by atoms with van der Waals surface area (Å²) >= 11 is 0. The van der Waals surface area contributed by atoms with E-state index >= 15 is 0 Å². The van der Waals surface area contributed by atoms with E-state index in [1.54, 1.807) is 12.1 Å². The lowest BCUT2D eigenvalue weighted by Crippen LogP contribution is -1.96. The molecule has 0 aromatic heterocycles. The second-order valence-electron chi connectivity index (χ2n) is 3.24. The maximum absolute atomic E-state index is 13.5. The highest BCUT2D eigenvalue weighted by molar-refractivity contribution is 5.85. The van der Waals surface area contributed by atoms with Crippen molar-refractivity contribution in [1.29, 1.82) is 0 Å². The second-order valence-corrected chi connectivity index (χ2v) is 3.24. The van der Waals surface area contributed by atoms with E-state index < -0.39 is 11.8 Å². The molecule has 0 radical (unpaired) electrons. The van der Waals surface area contributed by atoms with E-state index in [1.807, 2.05) is 13.0 Å². The van der Waals surface area contributed by atoms with E-state index in [1.165, 1.54) is 18.2 Å². The Bertz CT molecular complexity index is 450. The third-order valence-electron chi connectivity index (χ3n) is 1.95. The summed E-state index contributed by atoms with van der Waals surface area (Å²) in [6, 6.07) is 4.29. The quantitative estimate of drug-likeness (QED) is 0.631. The van der Waals surface area contributed by atoms with Crippen molar-refractivity contribution in [3.63, 3.8) is 0 Å². The molecule has 0 aliphatic carbocycles. The second kappa shape index (κ2) is 6.48. The molecule has 0 fully saturated rings. The largest absolute Gasteiger partial charge is 0.486 e. The van der Waals surface area contributed by atoms with Gasteiger partial charge >= 0.3 is 5.97 Å². The summed E-state index contributed by atoms with van der Waals surface area (Å²) in [5.74, 6) is -1.43. The Balaban J connectivity index is 2.75. The lowest BCUT2D eigenvalue weighted by molar-refractivity contribution is -0.131. The average Bonchev–Trinajstić information content (AvgIpc) is 2.29. The summed E-state index contributed by atoms with van der Waals surface area (Å²) in [5, 5.41) is 8.43. The minimum absolute atomic E-state index is 0.149. The first-order valence-electron chi connectivity index (χ1n) is 5.08. The van der Waals surface area contributed by atoms with E-state index in [-0.39, 0.29) is 5.75 Å². The van der Waals surface area contributed by atoms with E-state index in [0.29, 0.717) is 12.2 Å². The predicted octanol–water partition coefficient (Wildman–Crippen LogP) is 2.88. The van der Waals surface area contributed by atoms with Crippen molar-refractivity contribution in [3.8, 4) is 5.75 Å². The molecule has 1 rings (SSSR count). The van der Waals surface area contributed by atoms with Crippen LogP contribution in [0.2, 0.25) is 0 Å². The van der Waals surface area contributed by atoms with Crippen molar-refractivity contribution in [2.24, 2.45) is 0 Å². The summed E-state index contributed by atoms with van der Waals surface area (Å²) < 4.78 is 18.6. The highest BCUT2D eigenvalue weighted by Crippen LogP contribution is 2.19. The molecule has 0 unspecified atom stereocenters. The Morgan fingerprint density at radius 3 is 2.88 bits per heavy atom. The number of halogens is 1. The predicted molar refractivity (Wildman–Crippen MR) is 63.4 cm³/mol. The highest BCUT2D eigenvalue weighted by Gasteiger charge is 2.02. The molecule has 0 aliphatic rings. The Morgan fingerprint density at radius 1 is 1.53 bits per heavy atom. The minimum atomic E-state index is -1.07. The van der Waals surface area contributed by atoms with Gasteiger partial charge in [0.2, 0.25) is 0 Å². The number of ether oxygens (including phenoxy) is 1. The lowest BCUT2D eigenvalue weighted by atomic mass is 10.2. The number of aliphatic carboxylic acids is 1. The van der Waals surface area contributed by atoms with Crippen LogP contribution in [0.1, 0.15) is 12.5 Å². The molecule has 0 amide bonds. The van der Waals surface area contributed by atoms with Crippen LogP contribution in [-0.2, 0) is 4.79 Å². The molecule has 90 valence electrons. The van der Waals surface area contributed by atoms with Gasteiger partial charge in [-0.15, -0.1) is 0 Å². The minimum Gasteiger partial charge on any atom is -0.486 e. The molecular weight excluding hydrogens is 223 g/mol. The van der Waals surface area contributed by atoms with Crippen LogP contribution in [0.3, 0.4) is 0 Å². The van der Waals surface area contributed by atoms with Crippen molar-refractivity contribution >= 4 is 12.0 Å². The molecule has 0 saturated carbocycles. The zero-order chi connectivity index (χ0) is 12.7. The Kier molecular flexibility index (Phi) is 4.94. The molecule has 17 heavy (non-hydrogen) atoms. The molecule has 0 spiro atoms. The Morgan fingerprint density at radius 2 is 2.29 bits per heavy atom. The fourth-order valence-corrected chi connectivity index (χ4v) is 1.14. The summed E-state index contributed by atoms with van der Waals surface area (Å²) in [6.45, 7) is 2.15. The molecule has 1 aromatic rings. The van der Waals surface area contributed by atoms with Gasteiger partial charge in [0, 0.05) is 6.08 Å². The van der Waals surface area contributed by atoms with Crippen LogP contribution in [0.25, 0.3) is 6.08 Å². The third kappa shape index (κ3) is 4.51. The van der Waals surface area contributed by atoms with Crippen LogP contribution in [0, 0.1) is 5.82 Å². The van der Waals surface area contributed by atoms with Crippen LogP contribution in [0.4, 0.5) is 4.39 Å². The van der Waals surface area contributed by atoms with Crippen LogP contribution in [-0.4, -0.2) is 17.7 Å². The van der Waals surface area contributed by atoms with Gasteiger partial charge in [-0.2, -0.15) is 0 Å². The molecule has 0 heterocycles. The number of hydrogen-bond acceptors (Lipinski definition) is 2. The molecule has 1 aromatic carbocycles. The summed E-state index contributed by atoms with van der Waals surface area (Å²) in [4.78, 5) is 10.3. The van der Waals surface area contributed by atoms with Crippen molar-refractivity contribution in [1.82, 2.24) is 0 Å². The number of benzene rings is 1. The van der Waals surface area contributed by atoms with Crippen molar-refractivity contribution in [3.05, 3.63) is 47.8 Å². The fraction of sp³-hybridized carbons (Fsp3) is 0.154. The zero-order valence-electron chi connectivity index (χ0n) is 9.39. The monoisotopic (exact) mass is 236 g/mol. The van der Waals surface area contributed by atoms with Crippen LogP contribution >= 0.6 is 0 Å². The van der Waals surface area contributed by atoms with Crippen molar-refractivity contribution < 1.29 is 19.0 Å². The molecular formula is C13H13FO3. The number of hydrogen-bond donors (Lipinski definition) is 1. The van der Waals surface area contributed by atoms with E-state index in [4.69, 9.17) is 9.84 Å². The van der Waals surface area contributed by atoms with Gasteiger partial charge in [-0.3, -0.25) is 0 Å². The molecule has 3 nitrogen and oxygen atoms in total. The normalized spacial score (nSPS) is 11.2. The first-order valence-corrected chi connectivity index (χ1v) is 5.08. The number of carboxylic acids is 1. The fourth-order valence-electron chi connectivity index (χ4n) is 1.14. The molecule has 1 N–H and O–H groups in total. The molecule has 4 heteroatoms. The van der Waals surface area contributed by atoms with E-state index in [9.17, 15) is 9.18 Å². The Labute approximate surface area is 98.8 Å². The summed E-state index contributed by atoms with van der Waals surface area (Å²) in [6.07, 6.45) is 5.84. The highest BCUT2D eigenvalue weighted by atomic mass is 19.1. The van der Waals surface area contributed by atoms with Gasteiger partial charge in [0.25, 0.3) is 0 Å². The third-order valence-corrected chi connectivity index (χ3v) is 1.95. The van der Waals surface area contributed by atoms with Crippen LogP contribution < -0.4 is 4.74 Å². The van der Waals surface area contributed by atoms with Gasteiger partial charge in [-0.25, -0.2) is 9.18 Å². The van der Waals surface area contributed by atoms with Gasteiger partial charge in [-0.1, -0.05) is 18.2 Å². The number of carbonyl (C=O) groups is 1. The number of carboxylic acid groups (broad SMARTS) is 1. The first kappa shape index (κ1) is 13.0. The molecule has 0 aliphatic heterocycles. The van der Waals surface area contributed by atoms with Gasteiger partial charge in [0.15, 0.2) is 11.6 Å². The maximum atomic E-state index is 13.5. The number of allylic oxidation sites excluding steroid dienone is 1. The number of rotatable bonds is 5. The van der Waals surface area contributed by atoms with E-state index in [2.05, 4.69) is 0 Å². The van der Waals surface area contributed by atoms with Gasteiger partial charge in [0.1, 0.15) is 6.61 Å². The summed E-state index contributed by atoms with van der Waals surface area (Å²) in [7, 11) is 0. The van der Waals surface area contributed by atoms with Gasteiger partial charge < -0.3 is 9.84 Å². The molecule has 0 atom stereocenters. The van der Waals surface area contributed by atoms with Crippen LogP contribution in [0.15, 0.2) is 36.4 Å². The molecule has 0 bridgehead atoms. The zero-order valence-corrected chi connectivity index (χ0v) is 9.39. The lowest BCUT2D eigenvalue weighted by Gasteiger charge is -2.04. The standard InChI is InChI=1S/C13H13FO3/c1-2-3-8-17-12-6-4-10(9-11(12)14)5-7-13(15)16/h2-7,9H,8H2,1H3,(H,15,16)/b3-2+,7-5+. The van der Waals surface area contributed by atoms with Crippen molar-refractivity contribution in [2.75, 3.05) is 6.61 Å². The smallest absolute Gasteiger partial charge is 0.328 e. The topological polar surface area (TPSA) is 46.5 Å². The SMILES string of the molecule is C/C=C/COc1ccc(/C=C/C(=O)O)cc1F. The molecule has 0 saturated heterocycles. The van der Waals surface area contributed by atoms with Crippen LogP contribution in [0.5, 0.6) is 5.75 Å². The average molecular weight is 236 g/mol. The van der Waals surface area contributed by atoms with Crippen molar-refractivity contribution in [2.45, 2.75) is 6.92 Å². The maximum Gasteiger partial charge on any atom is 0.328 e. The van der Waals surface area contributed by atoms with Gasteiger partial charge in [-0.05, 0) is 30.7 Å². The summed E-state index contributed by atoms with van der Waals surface area (Å²) in [5.41, 5.74) is 0.475. The first-order chi connectivity index (χ1) is 8.13. The van der Waals surface area contributed by atoms with Gasteiger partial charge in [0.05, 0.1) is 0 Å². The van der Waals surface area contributed by atoms with E-state index in [0.717, 1.165) is 6.08 Å².